The molecule has 0 aliphatic carbocycles. The second-order valence-corrected chi connectivity index (χ2v) is 2.79. The van der Waals surface area contributed by atoms with Gasteiger partial charge in [0.15, 0.2) is 1.41 Å². The van der Waals surface area contributed by atoms with Crippen molar-refractivity contribution in [2.45, 2.75) is 26.3 Å². The van der Waals surface area contributed by atoms with Gasteiger partial charge in [-0.25, -0.2) is 0 Å². The minimum atomic E-state index is -0.0359. The quantitative estimate of drug-likeness (QED) is 0.493. The maximum absolute atomic E-state index is 7.30. The lowest BCUT2D eigenvalue weighted by Crippen LogP contribution is -2.25. The number of hydrogen-bond acceptors (Lipinski definition) is 2. The normalized spacial score (nSPS) is 27.6. The zero-order valence-corrected chi connectivity index (χ0v) is 5.60. The van der Waals surface area contributed by atoms with E-state index < -0.39 is 0 Å². The lowest BCUT2D eigenvalue weighted by Gasteiger charge is -2.09. The van der Waals surface area contributed by atoms with Crippen LogP contribution in [0.25, 0.3) is 0 Å². The summed E-state index contributed by atoms with van der Waals surface area (Å²) in [5.74, 6) is 0.819. The van der Waals surface area contributed by atoms with Gasteiger partial charge in [0.2, 0.25) is 0 Å². The Balaban J connectivity index is 2.74. The van der Waals surface area contributed by atoms with Crippen LogP contribution in [-0.2, 0) is 0 Å². The lowest BCUT2D eigenvalue weighted by molar-refractivity contribution is 0.549. The number of hydrogen-bond donors (Lipinski definition) is 1. The molecule has 0 aromatic heterocycles. The van der Waals surface area contributed by atoms with Gasteiger partial charge in [-0.05, 0) is 20.8 Å². The molecule has 1 heterocycles. The van der Waals surface area contributed by atoms with Gasteiger partial charge in [-0.15, -0.1) is 0 Å². The largest absolute Gasteiger partial charge is 0.372 e. The van der Waals surface area contributed by atoms with Gasteiger partial charge in [-0.1, -0.05) is 0 Å². The maximum atomic E-state index is 7.30. The summed E-state index contributed by atoms with van der Waals surface area (Å²) in [5.41, 5.74) is -0.0359. The molecule has 0 amide bonds. The summed E-state index contributed by atoms with van der Waals surface area (Å²) < 4.78 is 7.30. The van der Waals surface area contributed by atoms with Crippen molar-refractivity contribution >= 4 is 5.84 Å². The molecule has 8 heavy (non-hydrogen) atoms. The monoisotopic (exact) mass is 113 g/mol. The van der Waals surface area contributed by atoms with Crippen LogP contribution in [0, 0.1) is 0 Å². The number of aliphatic imine (C=N–C) groups is 1. The summed E-state index contributed by atoms with van der Waals surface area (Å²) in [6.45, 7) is 6.65. The Morgan fingerprint density at radius 1 is 1.88 bits per heavy atom. The molecule has 0 aromatic carbocycles. The number of nitrogens with zero attached hydrogens (tertiary/aromatic N) is 1. The second kappa shape index (κ2) is 1.47. The standard InChI is InChI=1S/C6H12N2/c1-5-7-4-6(2,3)8-5/h4H2,1-3H3,(H,7,8)/i/hD. The Bertz CT molecular complexity index is 151. The Labute approximate surface area is 51.5 Å². The predicted octanol–water partition coefficient (Wildman–Crippen LogP) is 0.787. The van der Waals surface area contributed by atoms with Crippen LogP contribution in [0.1, 0.15) is 20.8 Å². The summed E-state index contributed by atoms with van der Waals surface area (Å²) in [4.78, 5) is 4.26. The molecule has 2 heteroatoms. The fourth-order valence-corrected chi connectivity index (χ4v) is 0.817. The van der Waals surface area contributed by atoms with Crippen LogP contribution in [0.2, 0.25) is 1.41 Å². The third-order valence-electron chi connectivity index (χ3n) is 1.16. The molecule has 1 rings (SSSR count). The molecular weight excluding hydrogens is 100 g/mol. The average Bonchev–Trinajstić information content (AvgIpc) is 1.79. The van der Waals surface area contributed by atoms with E-state index in [-0.39, 0.29) is 5.54 Å². The maximum Gasteiger partial charge on any atom is 0.161 e. The van der Waals surface area contributed by atoms with Crippen molar-refractivity contribution in [2.24, 2.45) is 4.99 Å². The minimum Gasteiger partial charge on any atom is -0.372 e. The molecule has 0 fully saturated rings. The molecule has 0 bridgehead atoms. The van der Waals surface area contributed by atoms with E-state index >= 15 is 0 Å². The van der Waals surface area contributed by atoms with E-state index in [1.54, 1.807) is 0 Å². The highest BCUT2D eigenvalue weighted by Crippen LogP contribution is 2.11. The Morgan fingerprint density at radius 2 is 2.50 bits per heavy atom. The van der Waals surface area contributed by atoms with Crippen LogP contribution in [0.5, 0.6) is 0 Å². The van der Waals surface area contributed by atoms with Gasteiger partial charge in [0.25, 0.3) is 0 Å². The zero-order chi connectivity index (χ0) is 7.07. The minimum absolute atomic E-state index is 0.0359. The van der Waals surface area contributed by atoms with Gasteiger partial charge in [0.1, 0.15) is 0 Å². The van der Waals surface area contributed by atoms with E-state index in [0.29, 0.717) is 0 Å². The first kappa shape index (κ1) is 4.36. The molecule has 1 N–H and O–H groups in total. The summed E-state index contributed by atoms with van der Waals surface area (Å²) in [7, 11) is 0. The van der Waals surface area contributed by atoms with Crippen LogP contribution in [0.3, 0.4) is 0 Å². The molecule has 1 aliphatic rings. The average molecular weight is 113 g/mol. The zero-order valence-electron chi connectivity index (χ0n) is 6.60. The molecule has 0 radical (unpaired) electrons. The van der Waals surface area contributed by atoms with Crippen molar-refractivity contribution in [3.63, 3.8) is 0 Å². The Morgan fingerprint density at radius 3 is 2.62 bits per heavy atom. The highest BCUT2D eigenvalue weighted by atomic mass is 15.1. The van der Waals surface area contributed by atoms with Gasteiger partial charge in [0.05, 0.1) is 11.4 Å². The first-order chi connectivity index (χ1) is 4.01. The molecule has 46 valence electrons. The summed E-state index contributed by atoms with van der Waals surface area (Å²) in [6.07, 6.45) is 0. The lowest BCUT2D eigenvalue weighted by atomic mass is 10.1. The van der Waals surface area contributed by atoms with Gasteiger partial charge >= 0.3 is 0 Å². The van der Waals surface area contributed by atoms with E-state index in [2.05, 4.69) is 4.99 Å². The molecule has 2 nitrogen and oxygen atoms in total. The predicted molar refractivity (Wildman–Crippen MR) is 35.2 cm³/mol. The van der Waals surface area contributed by atoms with Gasteiger partial charge in [-0.2, -0.15) is 0 Å². The van der Waals surface area contributed by atoms with Crippen molar-refractivity contribution in [3.8, 4) is 0 Å². The van der Waals surface area contributed by atoms with E-state index in [4.69, 9.17) is 1.41 Å². The summed E-state index contributed by atoms with van der Waals surface area (Å²) in [6, 6.07) is 0. The molecule has 0 saturated heterocycles. The van der Waals surface area contributed by atoms with Crippen LogP contribution < -0.4 is 5.31 Å². The number of rotatable bonds is 0. The van der Waals surface area contributed by atoms with Crippen molar-refractivity contribution in [1.82, 2.24) is 5.31 Å². The molecule has 0 unspecified atom stereocenters. The molecule has 0 saturated carbocycles. The third-order valence-corrected chi connectivity index (χ3v) is 1.16. The van der Waals surface area contributed by atoms with Crippen molar-refractivity contribution in [2.75, 3.05) is 6.54 Å². The Kier molecular flexibility index (Phi) is 0.802. The molecular formula is C6H12N2. The van der Waals surface area contributed by atoms with Gasteiger partial charge in [-0.3, -0.25) is 4.99 Å². The molecule has 0 atom stereocenters. The van der Waals surface area contributed by atoms with E-state index in [0.717, 1.165) is 12.4 Å². The van der Waals surface area contributed by atoms with Crippen LogP contribution in [0.4, 0.5) is 0 Å². The van der Waals surface area contributed by atoms with Crippen LogP contribution >= 0.6 is 0 Å². The first-order valence-corrected chi connectivity index (χ1v) is 2.84. The topological polar surface area (TPSA) is 24.4 Å². The number of amidine groups is 1. The number of nitrogens with one attached hydrogen (secondary N) is 1. The van der Waals surface area contributed by atoms with E-state index in [1.165, 1.54) is 5.31 Å². The SMILES string of the molecule is [2H]N1CC(C)(C)N=C1C. The molecule has 1 aliphatic heterocycles. The van der Waals surface area contributed by atoms with Crippen molar-refractivity contribution in [1.29, 1.82) is 0 Å². The van der Waals surface area contributed by atoms with Crippen molar-refractivity contribution < 1.29 is 1.41 Å². The third kappa shape index (κ3) is 0.997. The smallest absolute Gasteiger partial charge is 0.161 e. The van der Waals surface area contributed by atoms with Crippen LogP contribution in [-0.4, -0.2) is 17.9 Å². The van der Waals surface area contributed by atoms with Gasteiger partial charge < -0.3 is 5.31 Å². The highest BCUT2D eigenvalue weighted by molar-refractivity contribution is 5.81. The fourth-order valence-electron chi connectivity index (χ4n) is 0.817. The first-order valence-electron chi connectivity index (χ1n) is 3.29. The summed E-state index contributed by atoms with van der Waals surface area (Å²) in [5, 5.41) is 1.43. The Hall–Kier alpha value is -0.530. The van der Waals surface area contributed by atoms with E-state index in [1.807, 2.05) is 20.8 Å². The highest BCUT2D eigenvalue weighted by Gasteiger charge is 2.20. The van der Waals surface area contributed by atoms with Crippen LogP contribution in [0.15, 0.2) is 4.99 Å². The summed E-state index contributed by atoms with van der Waals surface area (Å²) >= 11 is 0. The van der Waals surface area contributed by atoms with Crippen molar-refractivity contribution in [3.05, 3.63) is 0 Å². The van der Waals surface area contributed by atoms with E-state index in [9.17, 15) is 0 Å². The van der Waals surface area contributed by atoms with Gasteiger partial charge in [0, 0.05) is 6.54 Å². The fraction of sp³-hybridized carbons (Fsp3) is 0.833. The second-order valence-electron chi connectivity index (χ2n) is 2.79. The molecule has 0 aromatic rings. The molecule has 0 spiro atoms.